The summed E-state index contributed by atoms with van der Waals surface area (Å²) in [6.07, 6.45) is 9.97. The van der Waals surface area contributed by atoms with Gasteiger partial charge in [-0.25, -0.2) is 9.97 Å². The lowest BCUT2D eigenvalue weighted by atomic mass is 9.71. The number of benzene rings is 5. The van der Waals surface area contributed by atoms with Gasteiger partial charge in [-0.3, -0.25) is 0 Å². The molecule has 4 heteroatoms. The number of allylic oxidation sites excluding steroid dienone is 5. The molecule has 0 aliphatic carbocycles. The van der Waals surface area contributed by atoms with Crippen LogP contribution in [0.4, 0.5) is 0 Å². The van der Waals surface area contributed by atoms with Crippen LogP contribution < -0.4 is 0 Å². The number of hydrogen-bond donors (Lipinski definition) is 0. The maximum atomic E-state index is 6.47. The lowest BCUT2D eigenvalue weighted by Crippen LogP contribution is -2.24. The van der Waals surface area contributed by atoms with E-state index in [0.717, 1.165) is 85.6 Å². The first-order chi connectivity index (χ1) is 25.0. The molecule has 0 bridgehead atoms. The van der Waals surface area contributed by atoms with Crippen molar-refractivity contribution in [3.05, 3.63) is 163 Å². The van der Waals surface area contributed by atoms with E-state index in [1.807, 2.05) is 54.6 Å². The Balaban J connectivity index is 1.21. The molecular weight excluding hydrogens is 625 g/mol. The first-order valence-corrected chi connectivity index (χ1v) is 17.8. The molecule has 5 aromatic carbocycles. The van der Waals surface area contributed by atoms with Crippen molar-refractivity contribution in [2.75, 3.05) is 0 Å². The second-order valence-corrected chi connectivity index (χ2v) is 13.5. The van der Waals surface area contributed by atoms with Crippen molar-refractivity contribution in [1.82, 2.24) is 9.97 Å². The standard InChI is InChI=1S/C47H40N2O2/c1-5-7-27-47(4,35-19-12-9-13-20-35)36(16-6-2)28-31(3)33-23-25-37-39-29-34(24-26-41(39)50-42(37)30-33)43-45-44(38-21-14-15-22-40(38)51-45)49-46(48-43)32-17-10-8-11-18-32/h6,8-26,28-30H,3,5,7,27H2,1-2,4H3/b16-6-,36-28+. The largest absolute Gasteiger partial charge is 0.456 e. The zero-order valence-corrected chi connectivity index (χ0v) is 29.3. The number of nitrogens with zero attached hydrogens (tertiary/aromatic N) is 2. The first-order valence-electron chi connectivity index (χ1n) is 17.8. The monoisotopic (exact) mass is 664 g/mol. The molecule has 0 N–H and O–H groups in total. The minimum Gasteiger partial charge on any atom is -0.456 e. The summed E-state index contributed by atoms with van der Waals surface area (Å²) in [7, 11) is 0. The third-order valence-electron chi connectivity index (χ3n) is 10.1. The Morgan fingerprint density at radius 2 is 1.47 bits per heavy atom. The van der Waals surface area contributed by atoms with Gasteiger partial charge in [-0.05, 0) is 78.1 Å². The number of rotatable bonds is 10. The van der Waals surface area contributed by atoms with E-state index in [4.69, 9.17) is 18.8 Å². The van der Waals surface area contributed by atoms with Crippen molar-refractivity contribution in [2.24, 2.45) is 0 Å². The lowest BCUT2D eigenvalue weighted by Gasteiger charge is -2.32. The summed E-state index contributed by atoms with van der Waals surface area (Å²) in [5.74, 6) is 0.661. The predicted octanol–water partition coefficient (Wildman–Crippen LogP) is 13.3. The Hall–Kier alpha value is -6.00. The van der Waals surface area contributed by atoms with Gasteiger partial charge in [0.25, 0.3) is 0 Å². The first kappa shape index (κ1) is 32.2. The maximum absolute atomic E-state index is 6.47. The normalized spacial score (nSPS) is 13.5. The molecule has 0 saturated carbocycles. The SMILES string of the molecule is C=C(/C=C(\C=C/C)C(C)(CCCC)c1ccccc1)c1ccc2c(c1)oc1ccc(-c3nc(-c4ccccc4)nc4c3oc3ccccc34)cc12. The van der Waals surface area contributed by atoms with Crippen LogP contribution in [0.25, 0.3) is 72.2 Å². The maximum Gasteiger partial charge on any atom is 0.180 e. The molecule has 51 heavy (non-hydrogen) atoms. The minimum absolute atomic E-state index is 0.140. The average molecular weight is 665 g/mol. The van der Waals surface area contributed by atoms with Crippen molar-refractivity contribution >= 4 is 49.6 Å². The van der Waals surface area contributed by atoms with Gasteiger partial charge in [0.2, 0.25) is 0 Å². The van der Waals surface area contributed by atoms with E-state index >= 15 is 0 Å². The molecule has 0 spiro atoms. The van der Waals surface area contributed by atoms with Gasteiger partial charge < -0.3 is 8.83 Å². The number of hydrogen-bond acceptors (Lipinski definition) is 4. The third kappa shape index (κ3) is 5.87. The second-order valence-electron chi connectivity index (χ2n) is 13.5. The molecule has 0 radical (unpaired) electrons. The van der Waals surface area contributed by atoms with Crippen LogP contribution in [0, 0.1) is 0 Å². The average Bonchev–Trinajstić information content (AvgIpc) is 3.74. The summed E-state index contributed by atoms with van der Waals surface area (Å²) < 4.78 is 12.9. The van der Waals surface area contributed by atoms with Crippen LogP contribution in [0.5, 0.6) is 0 Å². The van der Waals surface area contributed by atoms with Crippen LogP contribution in [0.3, 0.4) is 0 Å². The van der Waals surface area contributed by atoms with Crippen LogP contribution in [0.2, 0.25) is 0 Å². The molecule has 8 rings (SSSR count). The van der Waals surface area contributed by atoms with Gasteiger partial charge in [0.15, 0.2) is 11.4 Å². The predicted molar refractivity (Wildman–Crippen MR) is 213 cm³/mol. The van der Waals surface area contributed by atoms with Crippen molar-refractivity contribution in [2.45, 2.75) is 45.4 Å². The van der Waals surface area contributed by atoms with E-state index in [1.54, 1.807) is 0 Å². The number of aromatic nitrogens is 2. The van der Waals surface area contributed by atoms with Crippen LogP contribution in [-0.4, -0.2) is 9.97 Å². The van der Waals surface area contributed by atoms with E-state index in [9.17, 15) is 0 Å². The van der Waals surface area contributed by atoms with Gasteiger partial charge in [0, 0.05) is 32.7 Å². The Morgan fingerprint density at radius 3 is 2.25 bits per heavy atom. The van der Waals surface area contributed by atoms with Crippen molar-refractivity contribution in [3.8, 4) is 22.6 Å². The quantitative estimate of drug-likeness (QED) is 0.137. The molecular formula is C47H40N2O2. The van der Waals surface area contributed by atoms with E-state index in [1.165, 1.54) is 11.1 Å². The minimum atomic E-state index is -0.140. The van der Waals surface area contributed by atoms with Crippen molar-refractivity contribution in [3.63, 3.8) is 0 Å². The molecule has 3 heterocycles. The summed E-state index contributed by atoms with van der Waals surface area (Å²) in [4.78, 5) is 10.1. The molecule has 1 unspecified atom stereocenters. The van der Waals surface area contributed by atoms with E-state index in [0.29, 0.717) is 11.4 Å². The van der Waals surface area contributed by atoms with Gasteiger partial charge in [-0.2, -0.15) is 0 Å². The molecule has 0 aliphatic heterocycles. The summed E-state index contributed by atoms with van der Waals surface area (Å²) >= 11 is 0. The molecule has 4 nitrogen and oxygen atoms in total. The Labute approximate surface area is 298 Å². The Morgan fingerprint density at radius 1 is 0.725 bits per heavy atom. The zero-order chi connectivity index (χ0) is 35.0. The molecule has 0 saturated heterocycles. The second kappa shape index (κ2) is 13.4. The molecule has 0 amide bonds. The van der Waals surface area contributed by atoms with Gasteiger partial charge in [0.05, 0.1) is 0 Å². The Bertz CT molecular complexity index is 2610. The van der Waals surface area contributed by atoms with Crippen LogP contribution >= 0.6 is 0 Å². The summed E-state index contributed by atoms with van der Waals surface area (Å²) in [5, 5.41) is 3.03. The highest BCUT2D eigenvalue weighted by molar-refractivity contribution is 6.10. The molecule has 0 aliphatic rings. The number of para-hydroxylation sites is 1. The molecule has 8 aromatic rings. The molecule has 0 fully saturated rings. The van der Waals surface area contributed by atoms with E-state index in [-0.39, 0.29) is 5.41 Å². The van der Waals surface area contributed by atoms with Gasteiger partial charge in [0.1, 0.15) is 28.0 Å². The summed E-state index contributed by atoms with van der Waals surface area (Å²) in [5.41, 5.74) is 11.0. The fourth-order valence-corrected chi connectivity index (χ4v) is 7.26. The summed E-state index contributed by atoms with van der Waals surface area (Å²) in [6.45, 7) is 11.2. The van der Waals surface area contributed by atoms with E-state index in [2.05, 4.69) is 112 Å². The topological polar surface area (TPSA) is 52.1 Å². The van der Waals surface area contributed by atoms with Crippen LogP contribution in [-0.2, 0) is 5.41 Å². The number of fused-ring (bicyclic) bond motifs is 6. The Kier molecular flexibility index (Phi) is 8.45. The fraction of sp³-hybridized carbons (Fsp3) is 0.149. The molecule has 3 aromatic heterocycles. The van der Waals surface area contributed by atoms with Crippen LogP contribution in [0.15, 0.2) is 161 Å². The highest BCUT2D eigenvalue weighted by Gasteiger charge is 2.29. The van der Waals surface area contributed by atoms with Crippen LogP contribution in [0.1, 0.15) is 51.2 Å². The molecule has 250 valence electrons. The third-order valence-corrected chi connectivity index (χ3v) is 10.1. The summed E-state index contributed by atoms with van der Waals surface area (Å²) in [6, 6.07) is 41.6. The number of furan rings is 2. The smallest absolute Gasteiger partial charge is 0.180 e. The van der Waals surface area contributed by atoms with Gasteiger partial charge >= 0.3 is 0 Å². The highest BCUT2D eigenvalue weighted by atomic mass is 16.3. The van der Waals surface area contributed by atoms with Gasteiger partial charge in [-0.1, -0.05) is 130 Å². The number of unbranched alkanes of at least 4 members (excludes halogenated alkanes) is 1. The van der Waals surface area contributed by atoms with E-state index < -0.39 is 0 Å². The fourth-order valence-electron chi connectivity index (χ4n) is 7.26. The molecule has 1 atom stereocenters. The zero-order valence-electron chi connectivity index (χ0n) is 29.3. The van der Waals surface area contributed by atoms with Crippen molar-refractivity contribution < 1.29 is 8.83 Å². The van der Waals surface area contributed by atoms with Crippen molar-refractivity contribution in [1.29, 1.82) is 0 Å². The lowest BCUT2D eigenvalue weighted by molar-refractivity contribution is 0.492. The highest BCUT2D eigenvalue weighted by Crippen LogP contribution is 2.41. The van der Waals surface area contributed by atoms with Gasteiger partial charge in [-0.15, -0.1) is 0 Å².